The molecule has 0 amide bonds. The molecule has 1 heterocycles. The molecule has 4 nitrogen and oxygen atoms in total. The van der Waals surface area contributed by atoms with Gasteiger partial charge in [-0.25, -0.2) is 0 Å². The van der Waals surface area contributed by atoms with Crippen molar-refractivity contribution in [3.63, 3.8) is 0 Å². The normalized spacial score (nSPS) is 34.2. The van der Waals surface area contributed by atoms with E-state index in [1.807, 2.05) is 0 Å². The molecule has 4 atom stereocenters. The van der Waals surface area contributed by atoms with Crippen LogP contribution in [0, 0.1) is 5.92 Å². The molecule has 1 saturated heterocycles. The molecule has 1 aliphatic heterocycles. The number of rotatable bonds is 6. The van der Waals surface area contributed by atoms with Crippen molar-refractivity contribution in [2.75, 3.05) is 6.61 Å². The van der Waals surface area contributed by atoms with Crippen molar-refractivity contribution in [2.45, 2.75) is 70.4 Å². The van der Waals surface area contributed by atoms with E-state index in [4.69, 9.17) is 4.74 Å². The van der Waals surface area contributed by atoms with E-state index in [2.05, 4.69) is 13.8 Å². The molecule has 0 spiro atoms. The molecular formula is C13H26O4. The van der Waals surface area contributed by atoms with Crippen LogP contribution >= 0.6 is 0 Å². The number of aliphatic hydroxyl groups is 3. The monoisotopic (exact) mass is 246 g/mol. The summed E-state index contributed by atoms with van der Waals surface area (Å²) in [5.41, 5.74) is 0. The average Bonchev–Trinajstić information content (AvgIpc) is 2.28. The van der Waals surface area contributed by atoms with Crippen molar-refractivity contribution >= 4 is 0 Å². The quantitative estimate of drug-likeness (QED) is 0.613. The van der Waals surface area contributed by atoms with Gasteiger partial charge in [-0.05, 0) is 12.3 Å². The SMILES string of the molecule is CC(C)CCCCC[C@@H]1OC[C@@H](O)C(O)C1O. The Bertz CT molecular complexity index is 208. The largest absolute Gasteiger partial charge is 0.388 e. The van der Waals surface area contributed by atoms with Crippen LogP contribution in [-0.4, -0.2) is 46.3 Å². The van der Waals surface area contributed by atoms with Gasteiger partial charge in [0, 0.05) is 0 Å². The molecule has 0 aromatic rings. The van der Waals surface area contributed by atoms with Crippen LogP contribution in [0.4, 0.5) is 0 Å². The summed E-state index contributed by atoms with van der Waals surface area (Å²) in [5.74, 6) is 0.739. The topological polar surface area (TPSA) is 69.9 Å². The molecule has 0 radical (unpaired) electrons. The minimum absolute atomic E-state index is 0.120. The molecule has 17 heavy (non-hydrogen) atoms. The lowest BCUT2D eigenvalue weighted by Gasteiger charge is -2.35. The fraction of sp³-hybridized carbons (Fsp3) is 1.00. The van der Waals surface area contributed by atoms with Crippen LogP contribution in [0.25, 0.3) is 0 Å². The summed E-state index contributed by atoms with van der Waals surface area (Å²) in [4.78, 5) is 0. The summed E-state index contributed by atoms with van der Waals surface area (Å²) in [5, 5.41) is 28.5. The van der Waals surface area contributed by atoms with Gasteiger partial charge in [-0.15, -0.1) is 0 Å². The zero-order valence-corrected chi connectivity index (χ0v) is 10.9. The van der Waals surface area contributed by atoms with E-state index >= 15 is 0 Å². The number of ether oxygens (including phenoxy) is 1. The number of aliphatic hydroxyl groups excluding tert-OH is 3. The maximum Gasteiger partial charge on any atom is 0.111 e. The molecule has 0 aromatic heterocycles. The standard InChI is InChI=1S/C13H26O4/c1-9(2)6-4-3-5-7-11-13(16)12(15)10(14)8-17-11/h9-16H,3-8H2,1-2H3/t10-,11+,12?,13?/m1/s1. The fourth-order valence-electron chi connectivity index (χ4n) is 2.20. The molecule has 3 N–H and O–H groups in total. The van der Waals surface area contributed by atoms with Crippen molar-refractivity contribution in [3.05, 3.63) is 0 Å². The smallest absolute Gasteiger partial charge is 0.111 e. The molecule has 1 aliphatic rings. The molecule has 1 rings (SSSR count). The summed E-state index contributed by atoms with van der Waals surface area (Å²) < 4.78 is 5.34. The number of unbranched alkanes of at least 4 members (excludes halogenated alkanes) is 2. The fourth-order valence-corrected chi connectivity index (χ4v) is 2.20. The lowest BCUT2D eigenvalue weighted by molar-refractivity contribution is -0.188. The van der Waals surface area contributed by atoms with E-state index in [-0.39, 0.29) is 12.7 Å². The summed E-state index contributed by atoms with van der Waals surface area (Å²) in [7, 11) is 0. The molecule has 0 bridgehead atoms. The molecule has 0 aromatic carbocycles. The first-order valence-corrected chi connectivity index (χ1v) is 6.68. The van der Waals surface area contributed by atoms with Crippen LogP contribution in [0.15, 0.2) is 0 Å². The summed E-state index contributed by atoms with van der Waals surface area (Å²) in [6, 6.07) is 0. The van der Waals surface area contributed by atoms with E-state index in [0.29, 0.717) is 0 Å². The molecule has 0 aliphatic carbocycles. The van der Waals surface area contributed by atoms with Crippen LogP contribution in [0.2, 0.25) is 0 Å². The summed E-state index contributed by atoms with van der Waals surface area (Å²) in [6.07, 6.45) is 2.01. The van der Waals surface area contributed by atoms with Gasteiger partial charge >= 0.3 is 0 Å². The van der Waals surface area contributed by atoms with Crippen LogP contribution < -0.4 is 0 Å². The molecule has 102 valence electrons. The molecule has 0 saturated carbocycles. The van der Waals surface area contributed by atoms with Crippen LogP contribution in [0.1, 0.15) is 46.0 Å². The first-order chi connectivity index (χ1) is 8.02. The van der Waals surface area contributed by atoms with Gasteiger partial charge in [0.2, 0.25) is 0 Å². The van der Waals surface area contributed by atoms with Crippen LogP contribution in [0.3, 0.4) is 0 Å². The molecule has 4 heteroatoms. The Morgan fingerprint density at radius 3 is 2.41 bits per heavy atom. The predicted molar refractivity (Wildman–Crippen MR) is 65.7 cm³/mol. The maximum atomic E-state index is 9.72. The van der Waals surface area contributed by atoms with Gasteiger partial charge in [0.15, 0.2) is 0 Å². The molecule has 1 fully saturated rings. The van der Waals surface area contributed by atoms with E-state index < -0.39 is 18.3 Å². The first kappa shape index (κ1) is 14.9. The Morgan fingerprint density at radius 1 is 1.06 bits per heavy atom. The minimum Gasteiger partial charge on any atom is -0.388 e. The van der Waals surface area contributed by atoms with E-state index in [1.165, 1.54) is 12.8 Å². The Morgan fingerprint density at radius 2 is 1.76 bits per heavy atom. The first-order valence-electron chi connectivity index (χ1n) is 6.68. The van der Waals surface area contributed by atoms with Gasteiger partial charge in [0.25, 0.3) is 0 Å². The number of hydrogen-bond acceptors (Lipinski definition) is 4. The van der Waals surface area contributed by atoms with E-state index in [9.17, 15) is 15.3 Å². The Balaban J connectivity index is 2.14. The van der Waals surface area contributed by atoms with Gasteiger partial charge in [-0.2, -0.15) is 0 Å². The predicted octanol–water partition coefficient (Wildman–Crippen LogP) is 1.07. The highest BCUT2D eigenvalue weighted by molar-refractivity contribution is 4.86. The van der Waals surface area contributed by atoms with Gasteiger partial charge in [-0.1, -0.05) is 39.5 Å². The molecule has 2 unspecified atom stereocenters. The third-order valence-electron chi connectivity index (χ3n) is 3.38. The average molecular weight is 246 g/mol. The second-order valence-electron chi connectivity index (χ2n) is 5.45. The minimum atomic E-state index is -1.07. The van der Waals surface area contributed by atoms with Crippen LogP contribution in [0.5, 0.6) is 0 Å². The highest BCUT2D eigenvalue weighted by Crippen LogP contribution is 2.20. The maximum absolute atomic E-state index is 9.72. The van der Waals surface area contributed by atoms with Crippen LogP contribution in [-0.2, 0) is 4.74 Å². The second-order valence-corrected chi connectivity index (χ2v) is 5.45. The second kappa shape index (κ2) is 7.31. The highest BCUT2D eigenvalue weighted by atomic mass is 16.5. The lowest BCUT2D eigenvalue weighted by Crippen LogP contribution is -2.52. The Kier molecular flexibility index (Phi) is 6.41. The Labute approximate surface area is 104 Å². The van der Waals surface area contributed by atoms with E-state index in [0.717, 1.165) is 25.2 Å². The van der Waals surface area contributed by atoms with E-state index in [1.54, 1.807) is 0 Å². The molecular weight excluding hydrogens is 220 g/mol. The van der Waals surface area contributed by atoms with Gasteiger partial charge in [-0.3, -0.25) is 0 Å². The van der Waals surface area contributed by atoms with Crippen molar-refractivity contribution in [1.29, 1.82) is 0 Å². The summed E-state index contributed by atoms with van der Waals surface area (Å²) >= 11 is 0. The highest BCUT2D eigenvalue weighted by Gasteiger charge is 2.36. The number of hydrogen-bond donors (Lipinski definition) is 3. The van der Waals surface area contributed by atoms with Gasteiger partial charge in [0.1, 0.15) is 18.3 Å². The van der Waals surface area contributed by atoms with Crippen molar-refractivity contribution in [3.8, 4) is 0 Å². The van der Waals surface area contributed by atoms with Crippen molar-refractivity contribution in [2.24, 2.45) is 5.92 Å². The van der Waals surface area contributed by atoms with Gasteiger partial charge < -0.3 is 20.1 Å². The van der Waals surface area contributed by atoms with Crippen molar-refractivity contribution in [1.82, 2.24) is 0 Å². The zero-order valence-electron chi connectivity index (χ0n) is 10.9. The van der Waals surface area contributed by atoms with Gasteiger partial charge in [0.05, 0.1) is 12.7 Å². The third kappa shape index (κ3) is 4.92. The zero-order chi connectivity index (χ0) is 12.8. The third-order valence-corrected chi connectivity index (χ3v) is 3.38. The summed E-state index contributed by atoms with van der Waals surface area (Å²) in [6.45, 7) is 4.55. The van der Waals surface area contributed by atoms with Crippen molar-refractivity contribution < 1.29 is 20.1 Å². The Hall–Kier alpha value is -0.160. The lowest BCUT2D eigenvalue weighted by atomic mass is 9.95.